The number of anilines is 1. The summed E-state index contributed by atoms with van der Waals surface area (Å²) in [6.45, 7) is 0. The van der Waals surface area contributed by atoms with Gasteiger partial charge in [0.25, 0.3) is 0 Å². The molecule has 1 N–H and O–H groups in total. The van der Waals surface area contributed by atoms with Crippen LogP contribution in [0.4, 0.5) is 5.69 Å². The van der Waals surface area contributed by atoms with E-state index in [-0.39, 0.29) is 11.7 Å². The molecule has 10 heteroatoms. The number of rotatable bonds is 8. The highest BCUT2D eigenvalue weighted by molar-refractivity contribution is 7.99. The fourth-order valence-electron chi connectivity index (χ4n) is 3.04. The SMILES string of the molecule is COc1cccc(NC(=O)CSc2ccc3nnc(-c4ccc(OC)c(OC)c4)n3n2)c1. The Morgan fingerprint density at radius 1 is 0.969 bits per heavy atom. The number of fused-ring (bicyclic) bond motifs is 1. The molecule has 0 spiro atoms. The van der Waals surface area contributed by atoms with E-state index in [1.807, 2.05) is 42.5 Å². The van der Waals surface area contributed by atoms with E-state index >= 15 is 0 Å². The summed E-state index contributed by atoms with van der Waals surface area (Å²) in [6, 6.07) is 16.3. The third kappa shape index (κ3) is 4.59. The summed E-state index contributed by atoms with van der Waals surface area (Å²) in [5.41, 5.74) is 2.05. The second-order valence-corrected chi connectivity index (χ2v) is 7.60. The predicted molar refractivity (Wildman–Crippen MR) is 122 cm³/mol. The van der Waals surface area contributed by atoms with Gasteiger partial charge in [-0.3, -0.25) is 4.79 Å². The number of aromatic nitrogens is 4. The monoisotopic (exact) mass is 451 g/mol. The van der Waals surface area contributed by atoms with Crippen molar-refractivity contribution in [1.29, 1.82) is 0 Å². The molecule has 2 heterocycles. The van der Waals surface area contributed by atoms with E-state index in [9.17, 15) is 4.79 Å². The molecule has 2 aromatic heterocycles. The topological polar surface area (TPSA) is 99.9 Å². The fourth-order valence-corrected chi connectivity index (χ4v) is 3.70. The Balaban J connectivity index is 1.51. The molecule has 1 amide bonds. The van der Waals surface area contributed by atoms with Crippen LogP contribution < -0.4 is 19.5 Å². The average Bonchev–Trinajstić information content (AvgIpc) is 3.25. The third-order valence-corrected chi connectivity index (χ3v) is 5.50. The molecule has 4 rings (SSSR count). The normalized spacial score (nSPS) is 10.7. The van der Waals surface area contributed by atoms with Crippen LogP contribution in [0.25, 0.3) is 17.0 Å². The first-order valence-electron chi connectivity index (χ1n) is 9.63. The van der Waals surface area contributed by atoms with Gasteiger partial charge in [0, 0.05) is 17.3 Å². The van der Waals surface area contributed by atoms with E-state index in [0.717, 1.165) is 5.56 Å². The largest absolute Gasteiger partial charge is 0.497 e. The molecule has 32 heavy (non-hydrogen) atoms. The third-order valence-electron chi connectivity index (χ3n) is 4.58. The zero-order valence-corrected chi connectivity index (χ0v) is 18.5. The van der Waals surface area contributed by atoms with Crippen molar-refractivity contribution in [2.45, 2.75) is 5.03 Å². The number of thioether (sulfide) groups is 1. The van der Waals surface area contributed by atoms with Crippen LogP contribution in [-0.2, 0) is 4.79 Å². The lowest BCUT2D eigenvalue weighted by molar-refractivity contribution is -0.113. The van der Waals surface area contributed by atoms with Gasteiger partial charge in [-0.2, -0.15) is 9.61 Å². The zero-order chi connectivity index (χ0) is 22.5. The van der Waals surface area contributed by atoms with E-state index in [4.69, 9.17) is 14.2 Å². The van der Waals surface area contributed by atoms with Crippen molar-refractivity contribution in [3.8, 4) is 28.6 Å². The Bertz CT molecular complexity index is 1260. The molecule has 0 unspecified atom stereocenters. The molecular weight excluding hydrogens is 430 g/mol. The van der Waals surface area contributed by atoms with Crippen LogP contribution in [0.1, 0.15) is 0 Å². The number of carbonyl (C=O) groups excluding carboxylic acids is 1. The lowest BCUT2D eigenvalue weighted by atomic mass is 10.2. The molecule has 0 bridgehead atoms. The van der Waals surface area contributed by atoms with Crippen molar-refractivity contribution < 1.29 is 19.0 Å². The molecule has 0 saturated heterocycles. The summed E-state index contributed by atoms with van der Waals surface area (Å²) >= 11 is 1.32. The molecule has 0 saturated carbocycles. The van der Waals surface area contributed by atoms with E-state index < -0.39 is 0 Å². The maximum atomic E-state index is 12.4. The van der Waals surface area contributed by atoms with Gasteiger partial charge in [-0.15, -0.1) is 10.2 Å². The quantitative estimate of drug-likeness (QED) is 0.406. The predicted octanol–water partition coefficient (Wildman–Crippen LogP) is 3.55. The van der Waals surface area contributed by atoms with E-state index in [0.29, 0.717) is 39.4 Å². The maximum Gasteiger partial charge on any atom is 0.234 e. The molecule has 0 aliphatic carbocycles. The number of benzene rings is 2. The summed E-state index contributed by atoms with van der Waals surface area (Å²) in [4.78, 5) is 12.4. The summed E-state index contributed by atoms with van der Waals surface area (Å²) < 4.78 is 17.5. The Labute approximate surface area is 188 Å². The lowest BCUT2D eigenvalue weighted by Crippen LogP contribution is -2.14. The van der Waals surface area contributed by atoms with Crippen LogP contribution in [0, 0.1) is 0 Å². The number of methoxy groups -OCH3 is 3. The van der Waals surface area contributed by atoms with Gasteiger partial charge >= 0.3 is 0 Å². The highest BCUT2D eigenvalue weighted by Crippen LogP contribution is 2.31. The van der Waals surface area contributed by atoms with Gasteiger partial charge in [0.05, 0.1) is 27.1 Å². The minimum atomic E-state index is -0.144. The van der Waals surface area contributed by atoms with E-state index in [1.165, 1.54) is 11.8 Å². The number of nitrogens with one attached hydrogen (secondary N) is 1. The molecule has 9 nitrogen and oxygen atoms in total. The van der Waals surface area contributed by atoms with Crippen LogP contribution in [0.5, 0.6) is 17.2 Å². The summed E-state index contributed by atoms with van der Waals surface area (Å²) in [6.07, 6.45) is 0. The van der Waals surface area contributed by atoms with E-state index in [1.54, 1.807) is 38.0 Å². The first kappa shape index (κ1) is 21.4. The van der Waals surface area contributed by atoms with Crippen LogP contribution in [-0.4, -0.2) is 52.8 Å². The Hall–Kier alpha value is -3.79. The first-order chi connectivity index (χ1) is 15.6. The van der Waals surface area contributed by atoms with Crippen LogP contribution >= 0.6 is 11.8 Å². The number of hydrogen-bond acceptors (Lipinski definition) is 8. The standard InChI is InChI=1S/C22H21N5O4S/c1-29-16-6-4-5-15(12-16)23-20(28)13-32-21-10-9-19-24-25-22(27(19)26-21)14-7-8-17(30-2)18(11-14)31-3/h4-12H,13H2,1-3H3,(H,23,28). The van der Waals surface area contributed by atoms with Gasteiger partial charge in [0.2, 0.25) is 5.91 Å². The zero-order valence-electron chi connectivity index (χ0n) is 17.7. The van der Waals surface area contributed by atoms with Crippen molar-refractivity contribution in [2.24, 2.45) is 0 Å². The number of carbonyl (C=O) groups is 1. The molecule has 0 aliphatic heterocycles. The van der Waals surface area contributed by atoms with Gasteiger partial charge in [0.1, 0.15) is 10.8 Å². The smallest absolute Gasteiger partial charge is 0.234 e. The highest BCUT2D eigenvalue weighted by Gasteiger charge is 2.14. The van der Waals surface area contributed by atoms with Gasteiger partial charge in [-0.05, 0) is 42.5 Å². The fraction of sp³-hybridized carbons (Fsp3) is 0.182. The van der Waals surface area contributed by atoms with E-state index in [2.05, 4.69) is 20.6 Å². The summed E-state index contributed by atoms with van der Waals surface area (Å²) in [5, 5.41) is 16.6. The van der Waals surface area contributed by atoms with Crippen molar-refractivity contribution in [2.75, 3.05) is 32.4 Å². The molecular formula is C22H21N5O4S. The maximum absolute atomic E-state index is 12.4. The Morgan fingerprint density at radius 2 is 1.81 bits per heavy atom. The van der Waals surface area contributed by atoms with Gasteiger partial charge in [-0.25, -0.2) is 0 Å². The second-order valence-electron chi connectivity index (χ2n) is 6.60. The lowest BCUT2D eigenvalue weighted by Gasteiger charge is -2.09. The number of amides is 1. The Kier molecular flexibility index (Phi) is 6.41. The summed E-state index contributed by atoms with van der Waals surface area (Å²) in [7, 11) is 4.74. The Morgan fingerprint density at radius 3 is 2.59 bits per heavy atom. The second kappa shape index (κ2) is 9.56. The summed E-state index contributed by atoms with van der Waals surface area (Å²) in [5.74, 6) is 2.50. The van der Waals surface area contributed by atoms with Crippen LogP contribution in [0.2, 0.25) is 0 Å². The molecule has 0 radical (unpaired) electrons. The molecule has 4 aromatic rings. The average molecular weight is 452 g/mol. The van der Waals surface area contributed by atoms with Gasteiger partial charge < -0.3 is 19.5 Å². The van der Waals surface area contributed by atoms with Crippen molar-refractivity contribution in [3.63, 3.8) is 0 Å². The van der Waals surface area contributed by atoms with Gasteiger partial charge in [-0.1, -0.05) is 17.8 Å². The first-order valence-corrected chi connectivity index (χ1v) is 10.6. The molecule has 0 fully saturated rings. The molecule has 2 aromatic carbocycles. The minimum Gasteiger partial charge on any atom is -0.497 e. The van der Waals surface area contributed by atoms with Gasteiger partial charge in [0.15, 0.2) is 23.0 Å². The van der Waals surface area contributed by atoms with Crippen LogP contribution in [0.15, 0.2) is 59.6 Å². The van der Waals surface area contributed by atoms with Crippen molar-refractivity contribution in [1.82, 2.24) is 19.8 Å². The number of nitrogens with zero attached hydrogens (tertiary/aromatic N) is 4. The minimum absolute atomic E-state index is 0.144. The molecule has 0 atom stereocenters. The van der Waals surface area contributed by atoms with Crippen molar-refractivity contribution >= 4 is 29.0 Å². The highest BCUT2D eigenvalue weighted by atomic mass is 32.2. The number of hydrogen-bond donors (Lipinski definition) is 1. The molecule has 164 valence electrons. The number of ether oxygens (including phenoxy) is 3. The molecule has 0 aliphatic rings. The van der Waals surface area contributed by atoms with Crippen molar-refractivity contribution in [3.05, 3.63) is 54.6 Å². The van der Waals surface area contributed by atoms with Crippen LogP contribution in [0.3, 0.4) is 0 Å².